The number of hydrogen-bond acceptors (Lipinski definition) is 3. The number of rotatable bonds is 5. The van der Waals surface area contributed by atoms with E-state index < -0.39 is 0 Å². The molecular weight excluding hydrogens is 296 g/mol. The van der Waals surface area contributed by atoms with Crippen LogP contribution < -0.4 is 5.32 Å². The van der Waals surface area contributed by atoms with Crippen LogP contribution in [-0.4, -0.2) is 30.3 Å². The van der Waals surface area contributed by atoms with E-state index in [0.717, 1.165) is 22.4 Å². The average molecular weight is 316 g/mol. The van der Waals surface area contributed by atoms with Crippen molar-refractivity contribution in [3.8, 4) is 0 Å². The molecular formula is C17H20N2O2S. The minimum absolute atomic E-state index is 0.0519. The number of nitrogens with one attached hydrogen (secondary N) is 1. The van der Waals surface area contributed by atoms with Gasteiger partial charge in [0.15, 0.2) is 0 Å². The molecule has 0 spiro atoms. The molecule has 0 aliphatic heterocycles. The molecule has 0 aliphatic carbocycles. The van der Waals surface area contributed by atoms with Crippen LogP contribution in [0.25, 0.3) is 0 Å². The Hall–Kier alpha value is -2.14. The Bertz CT molecular complexity index is 665. The quantitative estimate of drug-likeness (QED) is 0.922. The summed E-state index contributed by atoms with van der Waals surface area (Å²) in [4.78, 5) is 25.6. The summed E-state index contributed by atoms with van der Waals surface area (Å²) < 4.78 is 0. The summed E-state index contributed by atoms with van der Waals surface area (Å²) in [6, 6.07) is 7.82. The number of benzene rings is 1. The van der Waals surface area contributed by atoms with Crippen molar-refractivity contribution >= 4 is 28.8 Å². The second kappa shape index (κ2) is 7.22. The molecule has 22 heavy (non-hydrogen) atoms. The van der Waals surface area contributed by atoms with Crippen molar-refractivity contribution in [1.82, 2.24) is 4.90 Å². The van der Waals surface area contributed by atoms with Gasteiger partial charge in [-0.2, -0.15) is 11.3 Å². The summed E-state index contributed by atoms with van der Waals surface area (Å²) in [5.41, 5.74) is 3.87. The van der Waals surface area contributed by atoms with Crippen LogP contribution in [0.5, 0.6) is 0 Å². The maximum atomic E-state index is 12.1. The molecule has 1 N–H and O–H groups in total. The van der Waals surface area contributed by atoms with Crippen molar-refractivity contribution in [2.75, 3.05) is 18.9 Å². The number of nitrogens with zero attached hydrogens (tertiary/aromatic N) is 1. The fourth-order valence-electron chi connectivity index (χ4n) is 2.07. The van der Waals surface area contributed by atoms with Crippen LogP contribution in [0.2, 0.25) is 0 Å². The fourth-order valence-corrected chi connectivity index (χ4v) is 2.74. The average Bonchev–Trinajstić information content (AvgIpc) is 2.95. The van der Waals surface area contributed by atoms with Gasteiger partial charge in [0.25, 0.3) is 0 Å². The van der Waals surface area contributed by atoms with Crippen LogP contribution in [0.15, 0.2) is 35.0 Å². The molecule has 0 aliphatic rings. The third kappa shape index (κ3) is 4.43. The molecule has 2 aromatic rings. The van der Waals surface area contributed by atoms with Crippen molar-refractivity contribution in [3.63, 3.8) is 0 Å². The zero-order chi connectivity index (χ0) is 16.1. The number of carbonyl (C=O) groups excluding carboxylic acids is 2. The Morgan fingerprint density at radius 1 is 1.23 bits per heavy atom. The highest BCUT2D eigenvalue weighted by Gasteiger charge is 2.14. The molecule has 1 heterocycles. The predicted octanol–water partition coefficient (Wildman–Crippen LogP) is 3.00. The Balaban J connectivity index is 1.90. The minimum atomic E-state index is -0.185. The second-order valence-corrected chi connectivity index (χ2v) is 6.20. The van der Waals surface area contributed by atoms with Crippen molar-refractivity contribution < 1.29 is 9.59 Å². The number of aryl methyl sites for hydroxylation is 2. The molecule has 2 rings (SSSR count). The van der Waals surface area contributed by atoms with Crippen molar-refractivity contribution in [1.29, 1.82) is 0 Å². The maximum absolute atomic E-state index is 12.1. The van der Waals surface area contributed by atoms with Gasteiger partial charge in [-0.1, -0.05) is 12.1 Å². The molecule has 4 nitrogen and oxygen atoms in total. The van der Waals surface area contributed by atoms with Gasteiger partial charge in [0.1, 0.15) is 0 Å². The smallest absolute Gasteiger partial charge is 0.243 e. The highest BCUT2D eigenvalue weighted by atomic mass is 32.1. The number of likely N-dealkylation sites (N-methyl/N-ethyl adjacent to an activating group) is 1. The topological polar surface area (TPSA) is 49.4 Å². The second-order valence-electron chi connectivity index (χ2n) is 5.42. The molecule has 0 saturated heterocycles. The largest absolute Gasteiger partial charge is 0.336 e. The van der Waals surface area contributed by atoms with Gasteiger partial charge in [0.05, 0.1) is 13.0 Å². The zero-order valence-corrected chi connectivity index (χ0v) is 13.9. The van der Waals surface area contributed by atoms with E-state index in [1.807, 2.05) is 48.9 Å². The molecule has 1 aromatic heterocycles. The minimum Gasteiger partial charge on any atom is -0.336 e. The van der Waals surface area contributed by atoms with Gasteiger partial charge in [0.2, 0.25) is 11.8 Å². The van der Waals surface area contributed by atoms with Gasteiger partial charge in [-0.3, -0.25) is 9.59 Å². The standard InChI is InChI=1S/C17H20N2O2S/c1-12-4-5-13(2)15(8-12)18-16(20)10-19(3)17(21)9-14-6-7-22-11-14/h4-8,11H,9-10H2,1-3H3,(H,18,20). The van der Waals surface area contributed by atoms with E-state index in [2.05, 4.69) is 5.32 Å². The number of carbonyl (C=O) groups is 2. The highest BCUT2D eigenvalue weighted by molar-refractivity contribution is 7.08. The van der Waals surface area contributed by atoms with Crippen LogP contribution in [-0.2, 0) is 16.0 Å². The Morgan fingerprint density at radius 3 is 2.68 bits per heavy atom. The van der Waals surface area contributed by atoms with E-state index in [0.29, 0.717) is 6.42 Å². The lowest BCUT2D eigenvalue weighted by atomic mass is 10.1. The first-order valence-corrected chi connectivity index (χ1v) is 8.02. The molecule has 0 unspecified atom stereocenters. The number of anilines is 1. The summed E-state index contributed by atoms with van der Waals surface area (Å²) in [6.45, 7) is 3.97. The lowest BCUT2D eigenvalue weighted by Gasteiger charge is -2.17. The number of amides is 2. The van der Waals surface area contributed by atoms with Crippen LogP contribution >= 0.6 is 11.3 Å². The van der Waals surface area contributed by atoms with E-state index in [4.69, 9.17) is 0 Å². The molecule has 2 amide bonds. The van der Waals surface area contributed by atoms with E-state index in [1.165, 1.54) is 4.90 Å². The van der Waals surface area contributed by atoms with E-state index >= 15 is 0 Å². The van der Waals surface area contributed by atoms with Gasteiger partial charge in [-0.25, -0.2) is 0 Å². The Morgan fingerprint density at radius 2 is 2.00 bits per heavy atom. The molecule has 0 atom stereocenters. The first kappa shape index (κ1) is 16.2. The van der Waals surface area contributed by atoms with Crippen LogP contribution in [0.3, 0.4) is 0 Å². The first-order valence-electron chi connectivity index (χ1n) is 7.08. The Kier molecular flexibility index (Phi) is 5.33. The fraction of sp³-hybridized carbons (Fsp3) is 0.294. The summed E-state index contributed by atoms with van der Waals surface area (Å²) in [7, 11) is 1.65. The van der Waals surface area contributed by atoms with Gasteiger partial charge in [-0.05, 0) is 53.4 Å². The van der Waals surface area contributed by atoms with Gasteiger partial charge in [0, 0.05) is 12.7 Å². The summed E-state index contributed by atoms with van der Waals surface area (Å²) in [5, 5.41) is 6.75. The summed E-state index contributed by atoms with van der Waals surface area (Å²) in [5.74, 6) is -0.246. The van der Waals surface area contributed by atoms with Gasteiger partial charge in [-0.15, -0.1) is 0 Å². The van der Waals surface area contributed by atoms with E-state index in [1.54, 1.807) is 18.4 Å². The normalized spacial score (nSPS) is 10.3. The zero-order valence-electron chi connectivity index (χ0n) is 13.1. The predicted molar refractivity (Wildman–Crippen MR) is 90.2 cm³/mol. The lowest BCUT2D eigenvalue weighted by Crippen LogP contribution is -2.35. The summed E-state index contributed by atoms with van der Waals surface area (Å²) in [6.07, 6.45) is 0.330. The SMILES string of the molecule is Cc1ccc(C)c(NC(=O)CN(C)C(=O)Cc2ccsc2)c1. The van der Waals surface area contributed by atoms with Crippen LogP contribution in [0, 0.1) is 13.8 Å². The van der Waals surface area contributed by atoms with E-state index in [-0.39, 0.29) is 18.4 Å². The van der Waals surface area contributed by atoms with Crippen molar-refractivity contribution in [2.45, 2.75) is 20.3 Å². The third-order valence-corrected chi connectivity index (χ3v) is 4.14. The third-order valence-electron chi connectivity index (χ3n) is 3.41. The number of hydrogen-bond donors (Lipinski definition) is 1. The van der Waals surface area contributed by atoms with Crippen LogP contribution in [0.1, 0.15) is 16.7 Å². The molecule has 116 valence electrons. The summed E-state index contributed by atoms with van der Waals surface area (Å²) >= 11 is 1.56. The molecule has 0 fully saturated rings. The number of thiophene rings is 1. The molecule has 0 bridgehead atoms. The Labute approximate surface area is 134 Å². The van der Waals surface area contributed by atoms with E-state index in [9.17, 15) is 9.59 Å². The van der Waals surface area contributed by atoms with Gasteiger partial charge < -0.3 is 10.2 Å². The van der Waals surface area contributed by atoms with Crippen LogP contribution in [0.4, 0.5) is 5.69 Å². The van der Waals surface area contributed by atoms with Crippen molar-refractivity contribution in [3.05, 3.63) is 51.7 Å². The maximum Gasteiger partial charge on any atom is 0.243 e. The molecule has 1 aromatic carbocycles. The van der Waals surface area contributed by atoms with Gasteiger partial charge >= 0.3 is 0 Å². The highest BCUT2D eigenvalue weighted by Crippen LogP contribution is 2.16. The molecule has 0 radical (unpaired) electrons. The molecule has 0 saturated carbocycles. The van der Waals surface area contributed by atoms with Crippen molar-refractivity contribution in [2.24, 2.45) is 0 Å². The monoisotopic (exact) mass is 316 g/mol. The first-order chi connectivity index (χ1) is 10.5. The molecule has 5 heteroatoms. The lowest BCUT2D eigenvalue weighted by molar-refractivity contribution is -0.132.